The van der Waals surface area contributed by atoms with Crippen LogP contribution in [0.1, 0.15) is 84.0 Å². The molecule has 2 aliphatic rings. The van der Waals surface area contributed by atoms with Gasteiger partial charge >= 0.3 is 0 Å². The van der Waals surface area contributed by atoms with Crippen molar-refractivity contribution in [3.05, 3.63) is 0 Å². The molecule has 0 aliphatic heterocycles. The van der Waals surface area contributed by atoms with Crippen molar-refractivity contribution in [2.24, 2.45) is 0 Å². The van der Waals surface area contributed by atoms with Gasteiger partial charge < -0.3 is 20.1 Å². The molecule has 1 unspecified atom stereocenters. The van der Waals surface area contributed by atoms with Crippen molar-refractivity contribution in [1.29, 1.82) is 0 Å². The van der Waals surface area contributed by atoms with Crippen molar-refractivity contribution in [2.45, 2.75) is 102 Å². The first kappa shape index (κ1) is 22.2. The largest absolute Gasteiger partial charge is 0.368 e. The molecule has 0 bridgehead atoms. The maximum atomic E-state index is 12.2. The van der Waals surface area contributed by atoms with Crippen LogP contribution in [0.3, 0.4) is 0 Å². The lowest BCUT2D eigenvalue weighted by atomic mass is 9.98. The fraction of sp³-hybridized carbons (Fsp3) is 0.905. The van der Waals surface area contributed by atoms with Crippen LogP contribution < -0.4 is 10.6 Å². The van der Waals surface area contributed by atoms with Gasteiger partial charge in [-0.2, -0.15) is 0 Å². The van der Waals surface area contributed by atoms with Gasteiger partial charge in [0.1, 0.15) is 13.2 Å². The van der Waals surface area contributed by atoms with Crippen molar-refractivity contribution < 1.29 is 19.1 Å². The Kier molecular flexibility index (Phi) is 10.8. The molecule has 0 aromatic heterocycles. The van der Waals surface area contributed by atoms with E-state index in [9.17, 15) is 9.59 Å². The van der Waals surface area contributed by atoms with E-state index in [4.69, 9.17) is 9.47 Å². The number of amides is 2. The summed E-state index contributed by atoms with van der Waals surface area (Å²) < 4.78 is 11.4. The molecule has 6 nitrogen and oxygen atoms in total. The Labute approximate surface area is 164 Å². The van der Waals surface area contributed by atoms with E-state index in [1.807, 2.05) is 0 Å². The van der Waals surface area contributed by atoms with Gasteiger partial charge in [-0.25, -0.2) is 0 Å². The second-order valence-corrected chi connectivity index (χ2v) is 8.00. The second kappa shape index (κ2) is 13.1. The van der Waals surface area contributed by atoms with E-state index in [2.05, 4.69) is 17.6 Å². The van der Waals surface area contributed by atoms with Gasteiger partial charge in [0.05, 0.1) is 12.2 Å². The number of hydrogen-bond donors (Lipinski definition) is 2. The first-order valence-corrected chi connectivity index (χ1v) is 11.0. The zero-order valence-corrected chi connectivity index (χ0v) is 17.0. The molecule has 0 aromatic carbocycles. The minimum absolute atomic E-state index is 0.0592. The monoisotopic (exact) mass is 382 g/mol. The minimum atomic E-state index is -0.102. The Morgan fingerprint density at radius 2 is 1.37 bits per heavy atom. The molecule has 2 rings (SSSR count). The molecule has 2 aliphatic carbocycles. The van der Waals surface area contributed by atoms with Gasteiger partial charge in [-0.05, 0) is 32.1 Å². The lowest BCUT2D eigenvalue weighted by molar-refractivity contribution is -0.130. The van der Waals surface area contributed by atoms with Gasteiger partial charge in [-0.1, -0.05) is 51.9 Å². The van der Waals surface area contributed by atoms with Gasteiger partial charge in [-0.15, -0.1) is 0 Å². The molecule has 0 radical (unpaired) electrons. The summed E-state index contributed by atoms with van der Waals surface area (Å²) in [7, 11) is 0. The van der Waals surface area contributed by atoms with E-state index >= 15 is 0 Å². The maximum absolute atomic E-state index is 12.2. The fourth-order valence-corrected chi connectivity index (χ4v) is 3.98. The summed E-state index contributed by atoms with van der Waals surface area (Å²) in [4.78, 5) is 24.2. The molecule has 2 fully saturated rings. The third-order valence-electron chi connectivity index (χ3n) is 5.55. The van der Waals surface area contributed by atoms with Crippen LogP contribution in [0.25, 0.3) is 0 Å². The van der Waals surface area contributed by atoms with Gasteiger partial charge in [-0.3, -0.25) is 9.59 Å². The molecular formula is C21H38N2O4. The predicted octanol–water partition coefficient (Wildman–Crippen LogP) is 3.09. The predicted molar refractivity (Wildman–Crippen MR) is 105 cm³/mol. The summed E-state index contributed by atoms with van der Waals surface area (Å²) in [6.07, 6.45) is 13.8. The van der Waals surface area contributed by atoms with Crippen LogP contribution >= 0.6 is 0 Å². The average molecular weight is 383 g/mol. The zero-order chi connectivity index (χ0) is 19.3. The van der Waals surface area contributed by atoms with Crippen LogP contribution in [0.15, 0.2) is 0 Å². The highest BCUT2D eigenvalue weighted by Crippen LogP contribution is 2.20. The molecule has 2 saturated carbocycles. The summed E-state index contributed by atoms with van der Waals surface area (Å²) >= 11 is 0. The Morgan fingerprint density at radius 3 is 1.89 bits per heavy atom. The van der Waals surface area contributed by atoms with Crippen molar-refractivity contribution >= 4 is 11.8 Å². The van der Waals surface area contributed by atoms with Crippen LogP contribution in [0, 0.1) is 0 Å². The molecule has 6 heteroatoms. The first-order valence-electron chi connectivity index (χ1n) is 11.0. The highest BCUT2D eigenvalue weighted by Gasteiger charge is 2.18. The third-order valence-corrected chi connectivity index (χ3v) is 5.55. The summed E-state index contributed by atoms with van der Waals surface area (Å²) in [5.41, 5.74) is 0. The van der Waals surface area contributed by atoms with Crippen molar-refractivity contribution in [3.8, 4) is 0 Å². The van der Waals surface area contributed by atoms with E-state index < -0.39 is 0 Å². The number of carbonyl (C=O) groups excluding carboxylic acids is 2. The van der Waals surface area contributed by atoms with Gasteiger partial charge in [0.2, 0.25) is 11.8 Å². The molecule has 2 amide bonds. The smallest absolute Gasteiger partial charge is 0.246 e. The van der Waals surface area contributed by atoms with Crippen LogP contribution in [-0.2, 0) is 19.1 Å². The zero-order valence-electron chi connectivity index (χ0n) is 17.0. The molecule has 0 heterocycles. The number of carbonyl (C=O) groups is 2. The van der Waals surface area contributed by atoms with E-state index in [0.29, 0.717) is 6.54 Å². The topological polar surface area (TPSA) is 76.7 Å². The molecule has 27 heavy (non-hydrogen) atoms. The van der Waals surface area contributed by atoms with E-state index in [0.717, 1.165) is 38.5 Å². The number of rotatable bonds is 11. The summed E-state index contributed by atoms with van der Waals surface area (Å²) in [6, 6.07) is -0.0592. The van der Waals surface area contributed by atoms with Gasteiger partial charge in [0, 0.05) is 12.6 Å². The average Bonchev–Trinajstić information content (AvgIpc) is 2.70. The molecule has 0 aromatic rings. The molecular weight excluding hydrogens is 344 g/mol. The van der Waals surface area contributed by atoms with Crippen LogP contribution in [0.5, 0.6) is 0 Å². The second-order valence-electron chi connectivity index (χ2n) is 8.00. The van der Waals surface area contributed by atoms with E-state index in [1.54, 1.807) is 0 Å². The Morgan fingerprint density at radius 1 is 0.852 bits per heavy atom. The highest BCUT2D eigenvalue weighted by atomic mass is 16.5. The Balaban J connectivity index is 1.61. The van der Waals surface area contributed by atoms with Crippen LogP contribution in [0.4, 0.5) is 0 Å². The highest BCUT2D eigenvalue weighted by molar-refractivity contribution is 5.78. The lowest BCUT2D eigenvalue weighted by Gasteiger charge is -2.24. The lowest BCUT2D eigenvalue weighted by Crippen LogP contribution is -2.46. The molecule has 0 spiro atoms. The fourth-order valence-electron chi connectivity index (χ4n) is 3.98. The SMILES string of the molecule is CCCC(CNC(=O)COC1CCCCC1)NC(=O)COC1CCCCC1. The Bertz CT molecular complexity index is 432. The van der Waals surface area contributed by atoms with Crippen molar-refractivity contribution in [1.82, 2.24) is 10.6 Å². The number of hydrogen-bond acceptors (Lipinski definition) is 4. The van der Waals surface area contributed by atoms with Gasteiger partial charge in [0.15, 0.2) is 0 Å². The summed E-state index contributed by atoms with van der Waals surface area (Å²) in [5.74, 6) is -0.193. The van der Waals surface area contributed by atoms with Gasteiger partial charge in [0.25, 0.3) is 0 Å². The normalized spacial score (nSPS) is 20.2. The van der Waals surface area contributed by atoms with E-state index in [1.165, 1.54) is 38.5 Å². The molecule has 156 valence electrons. The van der Waals surface area contributed by atoms with Crippen molar-refractivity contribution in [2.75, 3.05) is 19.8 Å². The quantitative estimate of drug-likeness (QED) is 0.576. The molecule has 0 saturated heterocycles. The first-order chi connectivity index (χ1) is 13.2. The summed E-state index contributed by atoms with van der Waals surface area (Å²) in [6.45, 7) is 2.74. The standard InChI is InChI=1S/C21H38N2O4/c1-2-9-17(23-21(25)16-27-19-12-7-4-8-13-19)14-22-20(24)15-26-18-10-5-3-6-11-18/h17-19H,2-16H2,1H3,(H,22,24)(H,23,25). The summed E-state index contributed by atoms with van der Waals surface area (Å²) in [5, 5.41) is 5.90. The van der Waals surface area contributed by atoms with Crippen LogP contribution in [0.2, 0.25) is 0 Å². The van der Waals surface area contributed by atoms with E-state index in [-0.39, 0.29) is 43.3 Å². The van der Waals surface area contributed by atoms with Crippen molar-refractivity contribution in [3.63, 3.8) is 0 Å². The number of nitrogens with one attached hydrogen (secondary N) is 2. The minimum Gasteiger partial charge on any atom is -0.368 e. The van der Waals surface area contributed by atoms with Crippen LogP contribution in [-0.4, -0.2) is 49.8 Å². The third kappa shape index (κ3) is 9.56. The Hall–Kier alpha value is -1.14. The molecule has 1 atom stereocenters. The molecule has 2 N–H and O–H groups in total. The number of ether oxygens (including phenoxy) is 2. The maximum Gasteiger partial charge on any atom is 0.246 e.